The van der Waals surface area contributed by atoms with Crippen LogP contribution in [0.25, 0.3) is 10.9 Å². The number of aromatic nitrogens is 1. The van der Waals surface area contributed by atoms with E-state index in [2.05, 4.69) is 0 Å². The number of benzene rings is 2. The summed E-state index contributed by atoms with van der Waals surface area (Å²) >= 11 is 0. The van der Waals surface area contributed by atoms with E-state index in [9.17, 15) is 22.8 Å². The van der Waals surface area contributed by atoms with Crippen molar-refractivity contribution in [3.63, 3.8) is 0 Å². The molecule has 27 heavy (non-hydrogen) atoms. The number of hydrogen-bond donors (Lipinski definition) is 0. The van der Waals surface area contributed by atoms with Crippen molar-refractivity contribution in [1.82, 2.24) is 4.57 Å². The first kappa shape index (κ1) is 17.1. The number of pyridine rings is 1. The van der Waals surface area contributed by atoms with Gasteiger partial charge in [0.2, 0.25) is 17.5 Å². The number of hydrogen-bond acceptors (Lipinski definition) is 4. The van der Waals surface area contributed by atoms with Gasteiger partial charge in [-0.15, -0.1) is 0 Å². The Hall–Kier alpha value is -3.29. The lowest BCUT2D eigenvalue weighted by molar-refractivity contribution is 0.0523. The maximum atomic E-state index is 14.4. The van der Waals surface area contributed by atoms with Crippen LogP contribution in [0, 0.1) is 17.5 Å². The van der Waals surface area contributed by atoms with Crippen LogP contribution in [0.3, 0.4) is 0 Å². The van der Waals surface area contributed by atoms with Crippen LogP contribution in [0.2, 0.25) is 0 Å². The molecular formula is C19H12F3NO4. The molecule has 1 aliphatic rings. The van der Waals surface area contributed by atoms with Gasteiger partial charge in [-0.25, -0.2) is 13.6 Å². The summed E-state index contributed by atoms with van der Waals surface area (Å²) in [6.07, 6.45) is 0.112. The van der Waals surface area contributed by atoms with Gasteiger partial charge in [-0.1, -0.05) is 30.3 Å². The van der Waals surface area contributed by atoms with Crippen LogP contribution in [-0.4, -0.2) is 17.1 Å². The van der Waals surface area contributed by atoms with E-state index in [-0.39, 0.29) is 12.1 Å². The molecule has 0 saturated carbocycles. The summed E-state index contributed by atoms with van der Waals surface area (Å²) in [6, 6.07) is 8.47. The first-order chi connectivity index (χ1) is 13.0. The fourth-order valence-electron chi connectivity index (χ4n) is 3.14. The molecule has 1 unspecified atom stereocenters. The van der Waals surface area contributed by atoms with Gasteiger partial charge in [-0.3, -0.25) is 4.79 Å². The topological polar surface area (TPSA) is 57.5 Å². The zero-order valence-corrected chi connectivity index (χ0v) is 14.0. The number of ether oxygens (including phenoxy) is 2. The van der Waals surface area contributed by atoms with Crippen molar-refractivity contribution in [2.45, 2.75) is 13.2 Å². The van der Waals surface area contributed by atoms with Gasteiger partial charge in [0, 0.05) is 11.8 Å². The Morgan fingerprint density at radius 2 is 1.85 bits per heavy atom. The second kappa shape index (κ2) is 6.15. The van der Waals surface area contributed by atoms with Crippen LogP contribution in [0.15, 0.2) is 41.3 Å². The molecule has 0 amide bonds. The third-order valence-corrected chi connectivity index (χ3v) is 4.32. The highest BCUT2D eigenvalue weighted by Crippen LogP contribution is 2.42. The van der Waals surface area contributed by atoms with E-state index in [1.54, 1.807) is 37.3 Å². The highest BCUT2D eigenvalue weighted by Gasteiger charge is 2.36. The van der Waals surface area contributed by atoms with Crippen LogP contribution in [0.1, 0.15) is 29.1 Å². The molecule has 0 radical (unpaired) electrons. The van der Waals surface area contributed by atoms with Crippen LogP contribution in [0.4, 0.5) is 13.2 Å². The quantitative estimate of drug-likeness (QED) is 0.519. The summed E-state index contributed by atoms with van der Waals surface area (Å²) in [5.41, 5.74) is -1.30. The minimum atomic E-state index is -1.84. The number of nitrogens with zero attached hydrogens (tertiary/aromatic N) is 1. The molecular weight excluding hydrogens is 363 g/mol. The highest BCUT2D eigenvalue weighted by molar-refractivity contribution is 5.96. The van der Waals surface area contributed by atoms with Crippen LogP contribution < -0.4 is 10.2 Å². The molecule has 1 atom stereocenters. The van der Waals surface area contributed by atoms with E-state index in [1.807, 2.05) is 0 Å². The molecule has 138 valence electrons. The van der Waals surface area contributed by atoms with Crippen LogP contribution in [0.5, 0.6) is 5.75 Å². The van der Waals surface area contributed by atoms with E-state index in [0.717, 1.165) is 6.20 Å². The number of halogens is 3. The Morgan fingerprint density at radius 3 is 2.52 bits per heavy atom. The van der Waals surface area contributed by atoms with Crippen molar-refractivity contribution in [2.24, 2.45) is 0 Å². The largest absolute Gasteiger partial charge is 0.462 e. The standard InChI is InChI=1S/C19H12F3NO4/c1-2-26-19(25)10-8-23-15-11(16(10)24)12(20)13(21)14(22)17(15)27-18(23)9-6-4-3-5-7-9/h3-8,18H,2H2,1H3. The molecule has 8 heteroatoms. The lowest BCUT2D eigenvalue weighted by Gasteiger charge is -2.15. The van der Waals surface area contributed by atoms with Crippen molar-refractivity contribution in [3.8, 4) is 5.75 Å². The normalized spacial score (nSPS) is 15.0. The maximum absolute atomic E-state index is 14.4. The van der Waals surface area contributed by atoms with E-state index >= 15 is 0 Å². The zero-order chi connectivity index (χ0) is 19.3. The van der Waals surface area contributed by atoms with E-state index in [4.69, 9.17) is 9.47 Å². The predicted octanol–water partition coefficient (Wildman–Crippen LogP) is 3.53. The van der Waals surface area contributed by atoms with Gasteiger partial charge in [0.1, 0.15) is 11.1 Å². The average Bonchev–Trinajstić information content (AvgIpc) is 3.05. The number of carbonyl (C=O) groups excluding carboxylic acids is 1. The molecule has 2 aromatic carbocycles. The zero-order valence-electron chi connectivity index (χ0n) is 14.0. The smallest absolute Gasteiger partial charge is 0.343 e. The highest BCUT2D eigenvalue weighted by atomic mass is 19.2. The molecule has 4 rings (SSSR count). The SMILES string of the molecule is CCOC(=O)c1cn2c3c(c(F)c(F)c(F)c3c1=O)OC2c1ccccc1. The Morgan fingerprint density at radius 1 is 1.15 bits per heavy atom. The lowest BCUT2D eigenvalue weighted by Crippen LogP contribution is -2.22. The fraction of sp³-hybridized carbons (Fsp3) is 0.158. The second-order valence-corrected chi connectivity index (χ2v) is 5.88. The predicted molar refractivity (Wildman–Crippen MR) is 89.2 cm³/mol. The van der Waals surface area contributed by atoms with Gasteiger partial charge in [0.25, 0.3) is 0 Å². The number of esters is 1. The van der Waals surface area contributed by atoms with Crippen molar-refractivity contribution in [1.29, 1.82) is 0 Å². The van der Waals surface area contributed by atoms with Gasteiger partial charge in [-0.05, 0) is 6.92 Å². The molecule has 0 aliphatic carbocycles. The van der Waals surface area contributed by atoms with Gasteiger partial charge in [-0.2, -0.15) is 4.39 Å². The van der Waals surface area contributed by atoms with Gasteiger partial charge >= 0.3 is 5.97 Å². The summed E-state index contributed by atoms with van der Waals surface area (Å²) in [5, 5.41) is -0.757. The van der Waals surface area contributed by atoms with Crippen molar-refractivity contribution in [3.05, 3.63) is 75.3 Å². The van der Waals surface area contributed by atoms with Gasteiger partial charge in [0.15, 0.2) is 17.4 Å². The van der Waals surface area contributed by atoms with Crippen molar-refractivity contribution >= 4 is 16.9 Å². The van der Waals surface area contributed by atoms with E-state index in [0.29, 0.717) is 5.56 Å². The Balaban J connectivity index is 2.09. The molecule has 1 aromatic heterocycles. The van der Waals surface area contributed by atoms with Crippen LogP contribution >= 0.6 is 0 Å². The number of carbonyl (C=O) groups is 1. The molecule has 2 heterocycles. The number of rotatable bonds is 3. The van der Waals surface area contributed by atoms with E-state index < -0.39 is 51.8 Å². The summed E-state index contributed by atoms with van der Waals surface area (Å²) < 4.78 is 54.3. The third kappa shape index (κ3) is 2.40. The lowest BCUT2D eigenvalue weighted by atomic mass is 10.1. The van der Waals surface area contributed by atoms with Gasteiger partial charge in [0.05, 0.1) is 12.0 Å². The van der Waals surface area contributed by atoms with Crippen molar-refractivity contribution < 1.29 is 27.4 Å². The van der Waals surface area contributed by atoms with Crippen LogP contribution in [-0.2, 0) is 4.74 Å². The molecule has 0 saturated heterocycles. The summed E-state index contributed by atoms with van der Waals surface area (Å²) in [7, 11) is 0. The average molecular weight is 375 g/mol. The van der Waals surface area contributed by atoms with Crippen molar-refractivity contribution in [2.75, 3.05) is 6.61 Å². The fourth-order valence-corrected chi connectivity index (χ4v) is 3.14. The first-order valence-electron chi connectivity index (χ1n) is 8.09. The second-order valence-electron chi connectivity index (χ2n) is 5.88. The summed E-state index contributed by atoms with van der Waals surface area (Å²) in [5.74, 6) is -6.61. The summed E-state index contributed by atoms with van der Waals surface area (Å²) in [4.78, 5) is 24.7. The Kier molecular flexibility index (Phi) is 3.91. The Labute approximate surface area is 150 Å². The molecule has 0 fully saturated rings. The molecule has 1 aliphatic heterocycles. The first-order valence-corrected chi connectivity index (χ1v) is 8.09. The summed E-state index contributed by atoms with van der Waals surface area (Å²) in [6.45, 7) is 1.53. The maximum Gasteiger partial charge on any atom is 0.343 e. The van der Waals surface area contributed by atoms with Gasteiger partial charge < -0.3 is 14.0 Å². The molecule has 0 spiro atoms. The molecule has 5 nitrogen and oxygen atoms in total. The third-order valence-electron chi connectivity index (χ3n) is 4.32. The van der Waals surface area contributed by atoms with E-state index in [1.165, 1.54) is 4.57 Å². The minimum Gasteiger partial charge on any atom is -0.462 e. The molecule has 3 aromatic rings. The molecule has 0 bridgehead atoms. The minimum absolute atomic E-state index is 0.0135. The monoisotopic (exact) mass is 375 g/mol. The Bertz CT molecular complexity index is 1140. The molecule has 0 N–H and O–H groups in total.